The average Bonchev–Trinajstić information content (AvgIpc) is 1.85. The molecule has 3 nitrogen and oxygen atoms in total. The van der Waals surface area contributed by atoms with Crippen LogP contribution < -0.4 is 11.5 Å². The van der Waals surface area contributed by atoms with Gasteiger partial charge in [-0.05, 0) is 12.8 Å². The van der Waals surface area contributed by atoms with Crippen molar-refractivity contribution >= 4 is 0 Å². The lowest BCUT2D eigenvalue weighted by molar-refractivity contribution is 0.164. The topological polar surface area (TPSA) is 72.3 Å². The Morgan fingerprint density at radius 2 is 1.88 bits per heavy atom. The summed E-state index contributed by atoms with van der Waals surface area (Å²) in [4.78, 5) is 0. The van der Waals surface area contributed by atoms with Gasteiger partial charge in [0.05, 0.1) is 6.10 Å². The zero-order chi connectivity index (χ0) is 6.15. The first kappa shape index (κ1) is 6.01. The van der Waals surface area contributed by atoms with Gasteiger partial charge in [0.15, 0.2) is 0 Å². The first-order valence-corrected chi connectivity index (χ1v) is 2.89. The molecule has 1 rings (SSSR count). The molecule has 0 radical (unpaired) electrons. The summed E-state index contributed by atoms with van der Waals surface area (Å²) in [6.07, 6.45) is 1.08. The Morgan fingerprint density at radius 3 is 2.00 bits per heavy atom. The largest absolute Gasteiger partial charge is 0.391 e. The van der Waals surface area contributed by atoms with E-state index < -0.39 is 0 Å². The van der Waals surface area contributed by atoms with Crippen LogP contribution in [-0.2, 0) is 0 Å². The molecule has 0 spiro atoms. The maximum absolute atomic E-state index is 8.96. The van der Waals surface area contributed by atoms with E-state index in [9.17, 15) is 0 Å². The van der Waals surface area contributed by atoms with Crippen LogP contribution in [0.4, 0.5) is 0 Å². The van der Waals surface area contributed by atoms with Gasteiger partial charge < -0.3 is 16.6 Å². The minimum absolute atomic E-state index is 0.0787. The van der Waals surface area contributed by atoms with Gasteiger partial charge in [0.25, 0.3) is 0 Å². The molecule has 3 atom stereocenters. The molecule has 0 aromatic heterocycles. The summed E-state index contributed by atoms with van der Waals surface area (Å²) >= 11 is 0. The minimum atomic E-state index is -0.356. The van der Waals surface area contributed by atoms with Gasteiger partial charge in [0.1, 0.15) is 0 Å². The van der Waals surface area contributed by atoms with Gasteiger partial charge in [-0.1, -0.05) is 0 Å². The molecule has 5 N–H and O–H groups in total. The monoisotopic (exact) mass is 116 g/mol. The maximum Gasteiger partial charge on any atom is 0.0706 e. The molecule has 0 aliphatic heterocycles. The number of nitrogens with two attached hydrogens (primary N) is 2. The molecule has 0 saturated heterocycles. The third-order valence-electron chi connectivity index (χ3n) is 1.61. The predicted molar refractivity (Wildman–Crippen MR) is 31.2 cm³/mol. The standard InChI is InChI=1S/C5H12N2O/c6-3-1-4(7)5(8)2-3/h3-5,8H,1-2,6-7H2/t3-,4+,5+/m1/s1. The van der Waals surface area contributed by atoms with Crippen LogP contribution in [0.1, 0.15) is 12.8 Å². The zero-order valence-electron chi connectivity index (χ0n) is 4.75. The molecule has 48 valence electrons. The van der Waals surface area contributed by atoms with Crippen molar-refractivity contribution < 1.29 is 5.11 Å². The van der Waals surface area contributed by atoms with Crippen molar-refractivity contribution in [1.29, 1.82) is 0 Å². The van der Waals surface area contributed by atoms with Gasteiger partial charge >= 0.3 is 0 Å². The normalized spacial score (nSPS) is 47.6. The second-order valence-electron chi connectivity index (χ2n) is 2.46. The fourth-order valence-electron chi connectivity index (χ4n) is 1.09. The van der Waals surface area contributed by atoms with Crippen LogP contribution in [0.25, 0.3) is 0 Å². The Hall–Kier alpha value is -0.120. The van der Waals surface area contributed by atoms with E-state index in [1.807, 2.05) is 0 Å². The summed E-state index contributed by atoms with van der Waals surface area (Å²) in [5.74, 6) is 0. The van der Waals surface area contributed by atoms with E-state index in [4.69, 9.17) is 16.6 Å². The third-order valence-corrected chi connectivity index (χ3v) is 1.61. The lowest BCUT2D eigenvalue weighted by Crippen LogP contribution is -2.28. The first-order chi connectivity index (χ1) is 3.70. The van der Waals surface area contributed by atoms with Crippen molar-refractivity contribution in [2.75, 3.05) is 0 Å². The van der Waals surface area contributed by atoms with Crippen LogP contribution in [-0.4, -0.2) is 23.3 Å². The van der Waals surface area contributed by atoms with Crippen molar-refractivity contribution in [2.24, 2.45) is 11.5 Å². The Kier molecular flexibility index (Phi) is 1.51. The predicted octanol–water partition coefficient (Wildman–Crippen LogP) is -1.20. The molecule has 1 aliphatic carbocycles. The number of aliphatic hydroxyl groups excluding tert-OH is 1. The van der Waals surface area contributed by atoms with Crippen molar-refractivity contribution in [3.05, 3.63) is 0 Å². The van der Waals surface area contributed by atoms with E-state index >= 15 is 0 Å². The SMILES string of the molecule is N[C@@H]1C[C@H](N)[C@@H](O)C1. The highest BCUT2D eigenvalue weighted by molar-refractivity contribution is 4.87. The number of rotatable bonds is 0. The molecule has 0 aromatic rings. The molecular formula is C5H12N2O. The average molecular weight is 116 g/mol. The molecule has 3 heteroatoms. The summed E-state index contributed by atoms with van der Waals surface area (Å²) in [7, 11) is 0. The second kappa shape index (κ2) is 2.01. The van der Waals surface area contributed by atoms with Gasteiger partial charge in [-0.3, -0.25) is 0 Å². The van der Waals surface area contributed by atoms with Crippen molar-refractivity contribution in [2.45, 2.75) is 31.0 Å². The summed E-state index contributed by atoms with van der Waals surface area (Å²) in [5, 5.41) is 8.96. The van der Waals surface area contributed by atoms with Crippen molar-refractivity contribution in [3.63, 3.8) is 0 Å². The molecule has 1 fully saturated rings. The Morgan fingerprint density at radius 1 is 1.25 bits per heavy atom. The highest BCUT2D eigenvalue weighted by Crippen LogP contribution is 2.15. The van der Waals surface area contributed by atoms with Crippen LogP contribution in [0.2, 0.25) is 0 Å². The fourth-order valence-corrected chi connectivity index (χ4v) is 1.09. The van der Waals surface area contributed by atoms with Crippen molar-refractivity contribution in [1.82, 2.24) is 0 Å². The molecule has 8 heavy (non-hydrogen) atoms. The van der Waals surface area contributed by atoms with Gasteiger partial charge in [0, 0.05) is 12.1 Å². The van der Waals surface area contributed by atoms with Crippen LogP contribution >= 0.6 is 0 Å². The quantitative estimate of drug-likeness (QED) is 0.372. The van der Waals surface area contributed by atoms with Gasteiger partial charge in [-0.25, -0.2) is 0 Å². The molecular weight excluding hydrogens is 104 g/mol. The first-order valence-electron chi connectivity index (χ1n) is 2.89. The van der Waals surface area contributed by atoms with Gasteiger partial charge in [-0.15, -0.1) is 0 Å². The van der Waals surface area contributed by atoms with E-state index in [1.54, 1.807) is 0 Å². The number of aliphatic hydroxyl groups is 1. The van der Waals surface area contributed by atoms with E-state index in [0.29, 0.717) is 6.42 Å². The van der Waals surface area contributed by atoms with E-state index in [2.05, 4.69) is 0 Å². The third kappa shape index (κ3) is 0.992. The Balaban J connectivity index is 2.39. The summed E-state index contributed by atoms with van der Waals surface area (Å²) in [6, 6.07) is 0.0463. The van der Waals surface area contributed by atoms with Gasteiger partial charge in [-0.2, -0.15) is 0 Å². The number of hydrogen-bond acceptors (Lipinski definition) is 3. The zero-order valence-corrected chi connectivity index (χ0v) is 4.75. The number of hydrogen-bond donors (Lipinski definition) is 3. The molecule has 0 aromatic carbocycles. The molecule has 1 aliphatic rings. The lowest BCUT2D eigenvalue weighted by Gasteiger charge is -2.04. The maximum atomic E-state index is 8.96. The fraction of sp³-hybridized carbons (Fsp3) is 1.00. The summed E-state index contributed by atoms with van der Waals surface area (Å²) in [5.41, 5.74) is 10.9. The Bertz CT molecular complexity index is 76.5. The van der Waals surface area contributed by atoms with Crippen molar-refractivity contribution in [3.8, 4) is 0 Å². The molecule has 0 bridgehead atoms. The lowest BCUT2D eigenvalue weighted by atomic mass is 10.2. The summed E-state index contributed by atoms with van der Waals surface area (Å²) < 4.78 is 0. The summed E-state index contributed by atoms with van der Waals surface area (Å²) in [6.45, 7) is 0. The van der Waals surface area contributed by atoms with E-state index in [0.717, 1.165) is 6.42 Å². The van der Waals surface area contributed by atoms with Crippen LogP contribution in [0.15, 0.2) is 0 Å². The van der Waals surface area contributed by atoms with Gasteiger partial charge in [0.2, 0.25) is 0 Å². The Labute approximate surface area is 48.7 Å². The molecule has 0 unspecified atom stereocenters. The highest BCUT2D eigenvalue weighted by atomic mass is 16.3. The highest BCUT2D eigenvalue weighted by Gasteiger charge is 2.27. The van der Waals surface area contributed by atoms with Crippen LogP contribution in [0.5, 0.6) is 0 Å². The second-order valence-corrected chi connectivity index (χ2v) is 2.46. The smallest absolute Gasteiger partial charge is 0.0706 e. The van der Waals surface area contributed by atoms with E-state index in [-0.39, 0.29) is 18.2 Å². The van der Waals surface area contributed by atoms with Crippen LogP contribution in [0.3, 0.4) is 0 Å². The van der Waals surface area contributed by atoms with E-state index in [1.165, 1.54) is 0 Å². The molecule has 1 saturated carbocycles. The molecule has 0 heterocycles. The minimum Gasteiger partial charge on any atom is -0.391 e. The molecule has 0 amide bonds. The van der Waals surface area contributed by atoms with Crippen LogP contribution in [0, 0.1) is 0 Å².